The highest BCUT2D eigenvalue weighted by Gasteiger charge is 2.51. The Morgan fingerprint density at radius 1 is 0.405 bits per heavy atom. The van der Waals surface area contributed by atoms with Gasteiger partial charge in [-0.2, -0.15) is 0 Å². The maximum Gasteiger partial charge on any atom is 0.0543 e. The Kier molecular flexibility index (Phi) is 10.6. The molecule has 0 radical (unpaired) electrons. The number of para-hydroxylation sites is 1. The molecule has 0 aliphatic heterocycles. The molecule has 368 valence electrons. The van der Waals surface area contributed by atoms with E-state index in [2.05, 4.69) is 206 Å². The summed E-state index contributed by atoms with van der Waals surface area (Å²) in [5, 5.41) is 0. The maximum absolute atomic E-state index is 2.69. The van der Waals surface area contributed by atoms with Gasteiger partial charge in [-0.1, -0.05) is 142 Å². The number of anilines is 6. The summed E-state index contributed by atoms with van der Waals surface area (Å²) in [5.41, 5.74) is 24.6. The molecule has 74 heavy (non-hydrogen) atoms. The molecule has 0 spiro atoms. The van der Waals surface area contributed by atoms with Crippen molar-refractivity contribution in [3.8, 4) is 22.3 Å². The molecule has 3 atom stereocenters. The van der Waals surface area contributed by atoms with Gasteiger partial charge in [0.05, 0.1) is 5.69 Å². The summed E-state index contributed by atoms with van der Waals surface area (Å²) in [4.78, 5) is 5.25. The fourth-order valence-corrected chi connectivity index (χ4v) is 17.1. The molecular weight excluding hydrogens is 893 g/mol. The Morgan fingerprint density at radius 2 is 0.986 bits per heavy atom. The van der Waals surface area contributed by atoms with E-state index >= 15 is 0 Å². The van der Waals surface area contributed by atoms with Crippen LogP contribution in [0.1, 0.15) is 128 Å². The normalized spacial score (nSPS) is 25.4. The second-order valence-electron chi connectivity index (χ2n) is 25.0. The van der Waals surface area contributed by atoms with Gasteiger partial charge in [0.25, 0.3) is 0 Å². The lowest BCUT2D eigenvalue weighted by Crippen LogP contribution is -2.48. The van der Waals surface area contributed by atoms with E-state index in [0.717, 1.165) is 61.2 Å². The van der Waals surface area contributed by atoms with Crippen LogP contribution in [0.2, 0.25) is 0 Å². The third kappa shape index (κ3) is 7.47. The summed E-state index contributed by atoms with van der Waals surface area (Å²) in [6.45, 7) is 4.87. The zero-order chi connectivity index (χ0) is 49.1. The SMILES string of the molecule is CC1(C)c2ccccc2-c2cc(-c3ccccc3)c(N(c3ccc(C45CC6CC(CC(C6)C4)C5)cc3)c3cc4ccc3CCc3ccc(c(N(c5ccccc5)c5ccc(C6CC7CCC6C7)cc5)c3)CC4)cc21. The molecule has 6 fully saturated rings. The first-order chi connectivity index (χ1) is 36.3. The van der Waals surface area contributed by atoms with Crippen molar-refractivity contribution in [2.24, 2.45) is 29.6 Å². The van der Waals surface area contributed by atoms with Crippen molar-refractivity contribution in [1.29, 1.82) is 0 Å². The highest BCUT2D eigenvalue weighted by Crippen LogP contribution is 2.61. The lowest BCUT2D eigenvalue weighted by molar-refractivity contribution is -0.00518. The van der Waals surface area contributed by atoms with Gasteiger partial charge in [-0.3, -0.25) is 0 Å². The van der Waals surface area contributed by atoms with Crippen LogP contribution in [0.5, 0.6) is 0 Å². The molecule has 11 aliphatic rings. The van der Waals surface area contributed by atoms with E-state index in [0.29, 0.717) is 5.41 Å². The molecule has 0 aromatic heterocycles. The number of nitrogens with zero attached hydrogens (tertiary/aromatic N) is 2. The Balaban J connectivity index is 0.850. The molecule has 3 unspecified atom stereocenters. The van der Waals surface area contributed by atoms with Gasteiger partial charge in [0.2, 0.25) is 0 Å². The summed E-state index contributed by atoms with van der Waals surface area (Å²) in [6, 6.07) is 71.5. The minimum atomic E-state index is -0.138. The zero-order valence-electron chi connectivity index (χ0n) is 43.6. The van der Waals surface area contributed by atoms with Crippen LogP contribution < -0.4 is 9.80 Å². The molecule has 11 aliphatic carbocycles. The first kappa shape index (κ1) is 44.8. The van der Waals surface area contributed by atoms with Gasteiger partial charge >= 0.3 is 0 Å². The number of aryl methyl sites for hydroxylation is 4. The van der Waals surface area contributed by atoms with Crippen LogP contribution in [0.15, 0.2) is 182 Å². The van der Waals surface area contributed by atoms with E-state index in [1.807, 2.05) is 0 Å². The van der Waals surface area contributed by atoms with Crippen LogP contribution in [-0.2, 0) is 36.5 Å². The fraction of sp³-hybridized carbons (Fsp3) is 0.333. The maximum atomic E-state index is 2.69. The third-order valence-corrected chi connectivity index (χ3v) is 20.3. The van der Waals surface area contributed by atoms with Crippen molar-refractivity contribution in [3.63, 3.8) is 0 Å². The van der Waals surface area contributed by atoms with E-state index in [1.54, 1.807) is 11.1 Å². The van der Waals surface area contributed by atoms with E-state index in [4.69, 9.17) is 0 Å². The van der Waals surface area contributed by atoms with E-state index in [-0.39, 0.29) is 5.41 Å². The smallest absolute Gasteiger partial charge is 0.0543 e. The zero-order valence-corrected chi connectivity index (χ0v) is 43.6. The summed E-state index contributed by atoms with van der Waals surface area (Å²) in [5.74, 6) is 5.29. The van der Waals surface area contributed by atoms with Crippen LogP contribution in [0.3, 0.4) is 0 Å². The van der Waals surface area contributed by atoms with Crippen molar-refractivity contribution in [2.75, 3.05) is 9.80 Å². The largest absolute Gasteiger partial charge is 0.310 e. The average Bonchev–Trinajstić information content (AvgIpc) is 4.13. The molecule has 10 bridgehead atoms. The van der Waals surface area contributed by atoms with Crippen molar-refractivity contribution in [1.82, 2.24) is 0 Å². The first-order valence-electron chi connectivity index (χ1n) is 28.7. The highest BCUT2D eigenvalue weighted by molar-refractivity contribution is 5.95. The van der Waals surface area contributed by atoms with Crippen LogP contribution in [-0.4, -0.2) is 0 Å². The summed E-state index contributed by atoms with van der Waals surface area (Å²) >= 11 is 0. The molecule has 0 saturated heterocycles. The Hall–Kier alpha value is -6.64. The van der Waals surface area contributed by atoms with Gasteiger partial charge in [-0.05, 0) is 246 Å². The van der Waals surface area contributed by atoms with Gasteiger partial charge in [0.1, 0.15) is 0 Å². The van der Waals surface area contributed by atoms with Crippen molar-refractivity contribution in [3.05, 3.63) is 226 Å². The molecular formula is C72H70N2. The average molecular weight is 963 g/mol. The minimum Gasteiger partial charge on any atom is -0.310 e. The molecule has 2 heteroatoms. The van der Waals surface area contributed by atoms with Crippen LogP contribution >= 0.6 is 0 Å². The molecule has 0 N–H and O–H groups in total. The van der Waals surface area contributed by atoms with Gasteiger partial charge in [0, 0.05) is 39.4 Å². The van der Waals surface area contributed by atoms with Crippen LogP contribution in [0, 0.1) is 29.6 Å². The van der Waals surface area contributed by atoms with Crippen molar-refractivity contribution < 1.29 is 0 Å². The second-order valence-corrected chi connectivity index (χ2v) is 25.0. The standard InChI is InChI=1S/C72H70N2/c1-71(2)66-16-10-9-15-62(66)65-42-64(53-11-5-3-6-12-53)70(43-67(65)71)74(61-33-29-58(30-34-61)72-44-50-35-51(45-72)37-52(36-50)46-72)69-41-48-18-23-55-22-17-47(19-24-56(69)25-20-48)40-68(55)73(59-13-7-4-8-14-59)60-31-27-54(28-32-60)63-39-49-21-26-57(63)38-49/h3-17,20,22,25,27-34,40-43,49-52,57,63H,18-19,21,23-24,26,35-39,44-46H2,1-2H3. The molecule has 19 rings (SSSR count). The molecule has 8 aromatic carbocycles. The van der Waals surface area contributed by atoms with E-state index < -0.39 is 0 Å². The highest BCUT2D eigenvalue weighted by atomic mass is 15.2. The summed E-state index contributed by atoms with van der Waals surface area (Å²) < 4.78 is 0. The van der Waals surface area contributed by atoms with Crippen molar-refractivity contribution >= 4 is 34.1 Å². The second kappa shape index (κ2) is 17.5. The number of rotatable bonds is 9. The molecule has 2 nitrogen and oxygen atoms in total. The quantitative estimate of drug-likeness (QED) is 0.142. The number of hydrogen-bond acceptors (Lipinski definition) is 2. The van der Waals surface area contributed by atoms with E-state index in [9.17, 15) is 0 Å². The predicted molar refractivity (Wildman–Crippen MR) is 308 cm³/mol. The van der Waals surface area contributed by atoms with Gasteiger partial charge in [-0.25, -0.2) is 0 Å². The molecule has 6 saturated carbocycles. The Labute approximate surface area is 440 Å². The van der Waals surface area contributed by atoms with Gasteiger partial charge in [-0.15, -0.1) is 0 Å². The summed E-state index contributed by atoms with van der Waals surface area (Å²) in [7, 11) is 0. The first-order valence-corrected chi connectivity index (χ1v) is 28.7. The van der Waals surface area contributed by atoms with E-state index in [1.165, 1.54) is 154 Å². The number of hydrogen-bond donors (Lipinski definition) is 0. The van der Waals surface area contributed by atoms with Gasteiger partial charge < -0.3 is 9.80 Å². The molecule has 0 amide bonds. The molecule has 0 heterocycles. The fourth-order valence-electron chi connectivity index (χ4n) is 17.1. The number of benzene rings is 8. The van der Waals surface area contributed by atoms with Crippen LogP contribution in [0.4, 0.5) is 34.1 Å². The lowest BCUT2D eigenvalue weighted by Gasteiger charge is -2.57. The molecule has 8 aromatic rings. The summed E-state index contributed by atoms with van der Waals surface area (Å²) in [6.07, 6.45) is 18.0. The topological polar surface area (TPSA) is 6.48 Å². The Morgan fingerprint density at radius 3 is 1.62 bits per heavy atom. The third-order valence-electron chi connectivity index (χ3n) is 20.3. The minimum absolute atomic E-state index is 0.138. The predicted octanol–water partition coefficient (Wildman–Crippen LogP) is 18.9. The number of fused-ring (bicyclic) bond motifs is 5. The van der Waals surface area contributed by atoms with Crippen LogP contribution in [0.25, 0.3) is 22.3 Å². The monoisotopic (exact) mass is 963 g/mol. The lowest BCUT2D eigenvalue weighted by atomic mass is 9.48. The Bertz CT molecular complexity index is 3380. The van der Waals surface area contributed by atoms with Gasteiger partial charge in [0.15, 0.2) is 0 Å². The van der Waals surface area contributed by atoms with Crippen molar-refractivity contribution in [2.45, 2.75) is 120 Å².